The lowest BCUT2D eigenvalue weighted by molar-refractivity contribution is 0.0956. The highest BCUT2D eigenvalue weighted by atomic mass is 16.3. The van der Waals surface area contributed by atoms with E-state index in [2.05, 4.69) is 48.6 Å². The standard InChI is InChI=1S/C28H27N3O2/c1-4-20(3)21-11-13-22(14-12-21)27-17-25(24-9-5-6-10-26(24)30-27)28(32)31-29-18-19(2)16-23-8-7-15-33-23/h5-18,20H,4H2,1-3H3,(H,31,32)/b19-16-,29-18?/t20-/m0/s1. The summed E-state index contributed by atoms with van der Waals surface area (Å²) >= 11 is 0. The van der Waals surface area contributed by atoms with E-state index in [9.17, 15) is 4.79 Å². The number of hydrogen-bond donors (Lipinski definition) is 1. The molecule has 0 fully saturated rings. The van der Waals surface area contributed by atoms with E-state index in [-0.39, 0.29) is 5.91 Å². The lowest BCUT2D eigenvalue weighted by Gasteiger charge is -2.11. The summed E-state index contributed by atoms with van der Waals surface area (Å²) < 4.78 is 5.30. The van der Waals surface area contributed by atoms with Gasteiger partial charge in [0.15, 0.2) is 0 Å². The van der Waals surface area contributed by atoms with Crippen molar-refractivity contribution in [2.75, 3.05) is 0 Å². The predicted octanol–water partition coefficient (Wildman–Crippen LogP) is 6.83. The third-order valence-electron chi connectivity index (χ3n) is 5.70. The first-order valence-corrected chi connectivity index (χ1v) is 11.1. The Bertz CT molecular complexity index is 1300. The topological polar surface area (TPSA) is 67.5 Å². The van der Waals surface area contributed by atoms with Gasteiger partial charge in [-0.1, -0.05) is 56.3 Å². The van der Waals surface area contributed by atoms with E-state index >= 15 is 0 Å². The van der Waals surface area contributed by atoms with E-state index < -0.39 is 0 Å². The number of rotatable bonds is 7. The van der Waals surface area contributed by atoms with E-state index in [0.717, 1.165) is 39.9 Å². The molecule has 5 heteroatoms. The van der Waals surface area contributed by atoms with Crippen LogP contribution in [-0.4, -0.2) is 17.1 Å². The number of carbonyl (C=O) groups is 1. The van der Waals surface area contributed by atoms with E-state index in [4.69, 9.17) is 9.40 Å². The minimum Gasteiger partial charge on any atom is -0.465 e. The Balaban J connectivity index is 1.61. The van der Waals surface area contributed by atoms with Crippen LogP contribution in [0.3, 0.4) is 0 Å². The van der Waals surface area contributed by atoms with Gasteiger partial charge in [-0.2, -0.15) is 5.10 Å². The summed E-state index contributed by atoms with van der Waals surface area (Å²) in [5, 5.41) is 4.91. The van der Waals surface area contributed by atoms with Gasteiger partial charge in [-0.05, 0) is 60.7 Å². The van der Waals surface area contributed by atoms with Crippen molar-refractivity contribution in [3.63, 3.8) is 0 Å². The van der Waals surface area contributed by atoms with Gasteiger partial charge in [0.05, 0.1) is 29.3 Å². The molecule has 2 heterocycles. The number of amides is 1. The first-order chi connectivity index (χ1) is 16.0. The van der Waals surface area contributed by atoms with Crippen LogP contribution in [0.25, 0.3) is 28.2 Å². The van der Waals surface area contributed by atoms with Crippen molar-refractivity contribution in [1.82, 2.24) is 10.4 Å². The monoisotopic (exact) mass is 437 g/mol. The first-order valence-electron chi connectivity index (χ1n) is 11.1. The van der Waals surface area contributed by atoms with Crippen LogP contribution in [-0.2, 0) is 0 Å². The number of carbonyl (C=O) groups excluding carboxylic acids is 1. The lowest BCUT2D eigenvalue weighted by Crippen LogP contribution is -2.18. The Kier molecular flexibility index (Phi) is 6.79. The minimum atomic E-state index is -0.284. The average Bonchev–Trinajstić information content (AvgIpc) is 3.35. The number of benzene rings is 2. The highest BCUT2D eigenvalue weighted by molar-refractivity contribution is 6.07. The molecule has 0 spiro atoms. The molecule has 2 aromatic heterocycles. The summed E-state index contributed by atoms with van der Waals surface area (Å²) in [6, 6.07) is 21.6. The number of hydrogen-bond acceptors (Lipinski definition) is 4. The Labute approximate surface area is 193 Å². The zero-order valence-corrected chi connectivity index (χ0v) is 19.1. The number of allylic oxidation sites excluding steroid dienone is 1. The van der Waals surface area contributed by atoms with Gasteiger partial charge in [-0.3, -0.25) is 4.79 Å². The molecule has 0 saturated carbocycles. The zero-order chi connectivity index (χ0) is 23.2. The van der Waals surface area contributed by atoms with Crippen molar-refractivity contribution in [3.8, 4) is 11.3 Å². The molecular weight excluding hydrogens is 410 g/mol. The number of para-hydroxylation sites is 1. The maximum absolute atomic E-state index is 13.0. The fraction of sp³-hybridized carbons (Fsp3) is 0.179. The fourth-order valence-electron chi connectivity index (χ4n) is 3.62. The van der Waals surface area contributed by atoms with Gasteiger partial charge in [-0.15, -0.1) is 0 Å². The second kappa shape index (κ2) is 10.1. The quantitative estimate of drug-likeness (QED) is 0.255. The first kappa shape index (κ1) is 22.2. The Morgan fingerprint density at radius 1 is 1.12 bits per heavy atom. The summed E-state index contributed by atoms with van der Waals surface area (Å²) in [4.78, 5) is 17.8. The Hall–Kier alpha value is -3.99. The van der Waals surface area contributed by atoms with Crippen LogP contribution in [0.5, 0.6) is 0 Å². The maximum atomic E-state index is 13.0. The molecule has 5 nitrogen and oxygen atoms in total. The smallest absolute Gasteiger partial charge is 0.272 e. The van der Waals surface area contributed by atoms with Crippen molar-refractivity contribution < 1.29 is 9.21 Å². The fourth-order valence-corrected chi connectivity index (χ4v) is 3.62. The summed E-state index contributed by atoms with van der Waals surface area (Å²) in [6.45, 7) is 6.30. The second-order valence-electron chi connectivity index (χ2n) is 8.11. The van der Waals surface area contributed by atoms with Gasteiger partial charge in [0.2, 0.25) is 0 Å². The highest BCUT2D eigenvalue weighted by Crippen LogP contribution is 2.27. The number of furan rings is 1. The van der Waals surface area contributed by atoms with Crippen LogP contribution < -0.4 is 5.43 Å². The minimum absolute atomic E-state index is 0.284. The maximum Gasteiger partial charge on any atom is 0.272 e. The van der Waals surface area contributed by atoms with E-state index in [1.54, 1.807) is 12.5 Å². The molecule has 166 valence electrons. The molecule has 33 heavy (non-hydrogen) atoms. The second-order valence-corrected chi connectivity index (χ2v) is 8.11. The van der Waals surface area contributed by atoms with Crippen molar-refractivity contribution in [2.45, 2.75) is 33.1 Å². The van der Waals surface area contributed by atoms with E-state index in [1.165, 1.54) is 5.56 Å². The van der Waals surface area contributed by atoms with Gasteiger partial charge in [-0.25, -0.2) is 10.4 Å². The number of pyridine rings is 1. The van der Waals surface area contributed by atoms with Crippen LogP contribution in [0.2, 0.25) is 0 Å². The van der Waals surface area contributed by atoms with Crippen molar-refractivity contribution in [3.05, 3.63) is 95.5 Å². The SMILES string of the molecule is CC[C@H](C)c1ccc(-c2cc(C(=O)NN=C/C(C)=C\c3ccco3)c3ccccc3n2)cc1. The normalized spacial score (nSPS) is 12.9. The summed E-state index contributed by atoms with van der Waals surface area (Å²) in [5.41, 5.74) is 7.83. The number of fused-ring (bicyclic) bond motifs is 1. The molecule has 0 unspecified atom stereocenters. The third-order valence-corrected chi connectivity index (χ3v) is 5.70. The number of aromatic nitrogens is 1. The summed E-state index contributed by atoms with van der Waals surface area (Å²) in [5.74, 6) is 0.954. The van der Waals surface area contributed by atoms with Gasteiger partial charge in [0.25, 0.3) is 5.91 Å². The number of nitrogens with zero attached hydrogens (tertiary/aromatic N) is 2. The summed E-state index contributed by atoms with van der Waals surface area (Å²) in [6.07, 6.45) is 6.15. The van der Waals surface area contributed by atoms with Gasteiger partial charge in [0.1, 0.15) is 5.76 Å². The number of nitrogens with one attached hydrogen (secondary N) is 1. The molecule has 0 saturated heterocycles. The molecule has 4 aromatic rings. The van der Waals surface area contributed by atoms with Crippen molar-refractivity contribution >= 4 is 29.1 Å². The van der Waals surface area contributed by atoms with Crippen LogP contribution in [0, 0.1) is 0 Å². The molecule has 0 aliphatic carbocycles. The molecule has 2 aromatic carbocycles. The lowest BCUT2D eigenvalue weighted by atomic mass is 9.96. The highest BCUT2D eigenvalue weighted by Gasteiger charge is 2.14. The average molecular weight is 438 g/mol. The largest absolute Gasteiger partial charge is 0.465 e. The van der Waals surface area contributed by atoms with Crippen LogP contribution in [0.15, 0.2) is 88.1 Å². The van der Waals surface area contributed by atoms with Crippen LogP contribution in [0.1, 0.15) is 54.8 Å². The molecule has 1 atom stereocenters. The molecule has 1 amide bonds. The Morgan fingerprint density at radius 2 is 1.91 bits per heavy atom. The van der Waals surface area contributed by atoms with Crippen LogP contribution in [0.4, 0.5) is 0 Å². The van der Waals surface area contributed by atoms with Crippen molar-refractivity contribution in [1.29, 1.82) is 0 Å². The van der Waals surface area contributed by atoms with E-state index in [0.29, 0.717) is 11.5 Å². The molecule has 4 rings (SSSR count). The van der Waals surface area contributed by atoms with E-state index in [1.807, 2.05) is 55.5 Å². The Morgan fingerprint density at radius 3 is 2.64 bits per heavy atom. The molecule has 1 N–H and O–H groups in total. The zero-order valence-electron chi connectivity index (χ0n) is 19.1. The van der Waals surface area contributed by atoms with Gasteiger partial charge < -0.3 is 4.42 Å². The van der Waals surface area contributed by atoms with Crippen molar-refractivity contribution in [2.24, 2.45) is 5.10 Å². The van der Waals surface area contributed by atoms with Crippen LogP contribution >= 0.6 is 0 Å². The number of hydrazone groups is 1. The third kappa shape index (κ3) is 5.26. The molecular formula is C28H27N3O2. The molecule has 0 aliphatic rings. The molecule has 0 aliphatic heterocycles. The molecule has 0 bridgehead atoms. The molecule has 0 radical (unpaired) electrons. The predicted molar refractivity (Wildman–Crippen MR) is 134 cm³/mol. The summed E-state index contributed by atoms with van der Waals surface area (Å²) in [7, 11) is 0. The van der Waals surface area contributed by atoms with Gasteiger partial charge in [0, 0.05) is 10.9 Å². The van der Waals surface area contributed by atoms with Gasteiger partial charge >= 0.3 is 0 Å².